The lowest BCUT2D eigenvalue weighted by Gasteiger charge is -2.05. The molecular formula is C19H16F2N2OS2. The Hall–Kier alpha value is -2.25. The lowest BCUT2D eigenvalue weighted by Crippen LogP contribution is -2.13. The monoisotopic (exact) mass is 390 g/mol. The van der Waals surface area contributed by atoms with E-state index in [0.717, 1.165) is 27.5 Å². The normalized spacial score (nSPS) is 10.8. The van der Waals surface area contributed by atoms with E-state index in [1.165, 1.54) is 29.2 Å². The van der Waals surface area contributed by atoms with Crippen LogP contribution in [0.5, 0.6) is 0 Å². The third-order valence-electron chi connectivity index (χ3n) is 3.69. The number of rotatable bonds is 5. The summed E-state index contributed by atoms with van der Waals surface area (Å²) in [6.07, 6.45) is 0. The van der Waals surface area contributed by atoms with Gasteiger partial charge in [-0.1, -0.05) is 18.2 Å². The second-order valence-electron chi connectivity index (χ2n) is 5.66. The lowest BCUT2D eigenvalue weighted by molar-refractivity contribution is -0.113. The van der Waals surface area contributed by atoms with Crippen molar-refractivity contribution < 1.29 is 13.6 Å². The number of aryl methyl sites for hydroxylation is 2. The Balaban J connectivity index is 1.68. The Labute approximate surface area is 158 Å². The fourth-order valence-corrected chi connectivity index (χ4v) is 4.06. The number of carbonyl (C=O) groups excluding carboxylic acids is 1. The Bertz CT molecular complexity index is 956. The number of nitrogens with one attached hydrogen (secondary N) is 1. The van der Waals surface area contributed by atoms with Crippen molar-refractivity contribution in [2.45, 2.75) is 18.7 Å². The highest BCUT2D eigenvalue weighted by molar-refractivity contribution is 8.00. The zero-order valence-electron chi connectivity index (χ0n) is 14.2. The van der Waals surface area contributed by atoms with Gasteiger partial charge in [0.25, 0.3) is 0 Å². The molecular weight excluding hydrogens is 374 g/mol. The van der Waals surface area contributed by atoms with Gasteiger partial charge in [-0.3, -0.25) is 4.79 Å². The van der Waals surface area contributed by atoms with Crippen LogP contribution in [-0.2, 0) is 4.79 Å². The van der Waals surface area contributed by atoms with E-state index >= 15 is 0 Å². The molecule has 1 aromatic heterocycles. The highest BCUT2D eigenvalue weighted by Gasteiger charge is 2.14. The van der Waals surface area contributed by atoms with Crippen LogP contribution >= 0.6 is 23.1 Å². The summed E-state index contributed by atoms with van der Waals surface area (Å²) in [4.78, 5) is 18.4. The minimum Gasteiger partial charge on any atom is -0.301 e. The Kier molecular flexibility index (Phi) is 5.68. The molecule has 0 atom stereocenters. The SMILES string of the molecule is Cc1ccccc1SCC(=O)Nc1nc(-c2ccc(F)c(F)c2)c(C)s1. The molecule has 0 aliphatic carbocycles. The third kappa shape index (κ3) is 4.28. The van der Waals surface area contributed by atoms with Crippen LogP contribution in [0.3, 0.4) is 0 Å². The molecule has 0 aliphatic heterocycles. The van der Waals surface area contributed by atoms with Crippen LogP contribution in [0.25, 0.3) is 11.3 Å². The van der Waals surface area contributed by atoms with Crippen molar-refractivity contribution in [2.75, 3.05) is 11.1 Å². The number of benzene rings is 2. The van der Waals surface area contributed by atoms with Crippen LogP contribution in [0.4, 0.5) is 13.9 Å². The van der Waals surface area contributed by atoms with Crippen molar-refractivity contribution in [2.24, 2.45) is 0 Å². The van der Waals surface area contributed by atoms with Gasteiger partial charge in [0, 0.05) is 15.3 Å². The first-order valence-corrected chi connectivity index (χ1v) is 9.65. The Morgan fingerprint density at radius 3 is 2.65 bits per heavy atom. The highest BCUT2D eigenvalue weighted by Crippen LogP contribution is 2.31. The fourth-order valence-electron chi connectivity index (χ4n) is 2.38. The van der Waals surface area contributed by atoms with Gasteiger partial charge in [0.05, 0.1) is 11.4 Å². The predicted octanol–water partition coefficient (Wildman–Crippen LogP) is 5.44. The molecule has 0 spiro atoms. The summed E-state index contributed by atoms with van der Waals surface area (Å²) >= 11 is 2.76. The molecule has 3 aromatic rings. The largest absolute Gasteiger partial charge is 0.301 e. The van der Waals surface area contributed by atoms with Gasteiger partial charge in [0.1, 0.15) is 0 Å². The zero-order valence-corrected chi connectivity index (χ0v) is 15.8. The summed E-state index contributed by atoms with van der Waals surface area (Å²) in [5.41, 5.74) is 2.14. The van der Waals surface area contributed by atoms with E-state index in [0.29, 0.717) is 16.4 Å². The van der Waals surface area contributed by atoms with Gasteiger partial charge in [-0.25, -0.2) is 13.8 Å². The first-order chi connectivity index (χ1) is 12.4. The minimum absolute atomic E-state index is 0.163. The van der Waals surface area contributed by atoms with Gasteiger partial charge in [-0.05, 0) is 43.7 Å². The van der Waals surface area contributed by atoms with Crippen LogP contribution in [0, 0.1) is 25.5 Å². The lowest BCUT2D eigenvalue weighted by atomic mass is 10.1. The number of thioether (sulfide) groups is 1. The van der Waals surface area contributed by atoms with E-state index < -0.39 is 11.6 Å². The minimum atomic E-state index is -0.921. The van der Waals surface area contributed by atoms with Crippen LogP contribution in [0.15, 0.2) is 47.4 Å². The molecule has 0 saturated carbocycles. The Morgan fingerprint density at radius 2 is 1.92 bits per heavy atom. The summed E-state index contributed by atoms with van der Waals surface area (Å²) in [6, 6.07) is 11.5. The number of anilines is 1. The predicted molar refractivity (Wildman–Crippen MR) is 103 cm³/mol. The van der Waals surface area contributed by atoms with Crippen LogP contribution in [0.1, 0.15) is 10.4 Å². The summed E-state index contributed by atoms with van der Waals surface area (Å²) < 4.78 is 26.5. The maximum absolute atomic E-state index is 13.4. The molecule has 134 valence electrons. The van der Waals surface area contributed by atoms with Crippen molar-refractivity contribution in [3.63, 3.8) is 0 Å². The second kappa shape index (κ2) is 7.97. The standard InChI is InChI=1S/C19H16F2N2OS2/c1-11-5-3-4-6-16(11)25-10-17(24)22-19-23-18(12(2)26-19)13-7-8-14(20)15(21)9-13/h3-9H,10H2,1-2H3,(H,22,23,24). The summed E-state index contributed by atoms with van der Waals surface area (Å²) in [7, 11) is 0. The second-order valence-corrected chi connectivity index (χ2v) is 7.88. The molecule has 0 fully saturated rings. The molecule has 0 bridgehead atoms. The fraction of sp³-hybridized carbons (Fsp3) is 0.158. The van der Waals surface area contributed by atoms with Crippen LogP contribution in [0.2, 0.25) is 0 Å². The molecule has 0 saturated heterocycles. The number of halogens is 2. The number of thiazole rings is 1. The zero-order chi connectivity index (χ0) is 18.7. The van der Waals surface area contributed by atoms with E-state index in [4.69, 9.17) is 0 Å². The number of nitrogens with zero attached hydrogens (tertiary/aromatic N) is 1. The van der Waals surface area contributed by atoms with Gasteiger partial charge >= 0.3 is 0 Å². The van der Waals surface area contributed by atoms with E-state index in [9.17, 15) is 13.6 Å². The molecule has 3 nitrogen and oxygen atoms in total. The van der Waals surface area contributed by atoms with E-state index in [-0.39, 0.29) is 11.7 Å². The first-order valence-electron chi connectivity index (χ1n) is 7.85. The maximum atomic E-state index is 13.4. The topological polar surface area (TPSA) is 42.0 Å². The van der Waals surface area contributed by atoms with Gasteiger partial charge in [0.15, 0.2) is 16.8 Å². The highest BCUT2D eigenvalue weighted by atomic mass is 32.2. The molecule has 0 aliphatic rings. The molecule has 1 heterocycles. The van der Waals surface area contributed by atoms with Crippen molar-refractivity contribution in [1.29, 1.82) is 0 Å². The summed E-state index contributed by atoms with van der Waals surface area (Å²) in [5.74, 6) is -1.72. The van der Waals surface area contributed by atoms with Crippen molar-refractivity contribution in [3.8, 4) is 11.3 Å². The van der Waals surface area contributed by atoms with Gasteiger partial charge in [-0.2, -0.15) is 0 Å². The summed E-state index contributed by atoms with van der Waals surface area (Å²) in [5, 5.41) is 3.21. The quantitative estimate of drug-likeness (QED) is 0.590. The van der Waals surface area contributed by atoms with Crippen LogP contribution < -0.4 is 5.32 Å². The Morgan fingerprint density at radius 1 is 1.15 bits per heavy atom. The number of hydrogen-bond acceptors (Lipinski definition) is 4. The van der Waals surface area contributed by atoms with E-state index in [2.05, 4.69) is 10.3 Å². The summed E-state index contributed by atoms with van der Waals surface area (Å²) in [6.45, 7) is 3.82. The molecule has 2 aromatic carbocycles. The number of carbonyl (C=O) groups is 1. The van der Waals surface area contributed by atoms with Gasteiger partial charge in [0.2, 0.25) is 5.91 Å². The van der Waals surface area contributed by atoms with Crippen molar-refractivity contribution >= 4 is 34.1 Å². The average molecular weight is 390 g/mol. The smallest absolute Gasteiger partial charge is 0.236 e. The number of hydrogen-bond donors (Lipinski definition) is 1. The van der Waals surface area contributed by atoms with Gasteiger partial charge in [-0.15, -0.1) is 23.1 Å². The van der Waals surface area contributed by atoms with Gasteiger partial charge < -0.3 is 5.32 Å². The van der Waals surface area contributed by atoms with E-state index in [1.807, 2.05) is 38.1 Å². The maximum Gasteiger partial charge on any atom is 0.236 e. The molecule has 26 heavy (non-hydrogen) atoms. The molecule has 1 N–H and O–H groups in total. The van der Waals surface area contributed by atoms with E-state index in [1.54, 1.807) is 0 Å². The first kappa shape index (κ1) is 18.5. The average Bonchev–Trinajstić information content (AvgIpc) is 2.97. The van der Waals surface area contributed by atoms with Crippen molar-refractivity contribution in [1.82, 2.24) is 4.98 Å². The molecule has 1 amide bonds. The molecule has 0 unspecified atom stereocenters. The number of amides is 1. The third-order valence-corrected chi connectivity index (χ3v) is 5.75. The van der Waals surface area contributed by atoms with Crippen LogP contribution in [-0.4, -0.2) is 16.6 Å². The van der Waals surface area contributed by atoms with Crippen molar-refractivity contribution in [3.05, 3.63) is 64.5 Å². The molecule has 3 rings (SSSR count). The molecule has 0 radical (unpaired) electrons. The number of aromatic nitrogens is 1. The molecule has 7 heteroatoms.